The second kappa shape index (κ2) is 10.6. The molecule has 4 aromatic rings. The molecule has 6 nitrogen and oxygen atoms in total. The summed E-state index contributed by atoms with van der Waals surface area (Å²) in [5, 5.41) is 9.37. The molecular formula is C28H25ClN4O2S. The summed E-state index contributed by atoms with van der Waals surface area (Å²) in [7, 11) is 0. The molecule has 0 radical (unpaired) electrons. The highest BCUT2D eigenvalue weighted by Gasteiger charge is 2.32. The standard InChI is InChI=1S/C28H25ClN4O2S/c1-18-25(19(2)34)26(21-12-14-23(15-13-21)35-16-22-10-6-7-11-24(22)29)33-27(30-18)31-28(32-33)36-17-20-8-4-3-5-9-20/h3-15,26H,16-17H2,1-2H3,(H,30,31,32). The van der Waals surface area contributed by atoms with Crippen LogP contribution in [0.4, 0.5) is 5.95 Å². The molecule has 0 saturated heterocycles. The molecule has 2 heterocycles. The zero-order valence-electron chi connectivity index (χ0n) is 19.9. The molecule has 1 aromatic heterocycles. The van der Waals surface area contributed by atoms with Crippen LogP contribution in [-0.4, -0.2) is 20.5 Å². The smallest absolute Gasteiger partial charge is 0.227 e. The Morgan fingerprint density at radius 3 is 2.50 bits per heavy atom. The Balaban J connectivity index is 1.39. The fourth-order valence-electron chi connectivity index (χ4n) is 4.20. The van der Waals surface area contributed by atoms with Crippen LogP contribution in [0.5, 0.6) is 5.75 Å². The van der Waals surface area contributed by atoms with Gasteiger partial charge in [-0.2, -0.15) is 4.98 Å². The van der Waals surface area contributed by atoms with Crippen LogP contribution in [0, 0.1) is 0 Å². The zero-order valence-corrected chi connectivity index (χ0v) is 21.5. The maximum absolute atomic E-state index is 12.7. The molecule has 0 amide bonds. The van der Waals surface area contributed by atoms with Gasteiger partial charge in [0.1, 0.15) is 18.4 Å². The fraction of sp³-hybridized carbons (Fsp3) is 0.179. The number of halogens is 1. The van der Waals surface area contributed by atoms with Crippen molar-refractivity contribution in [2.45, 2.75) is 37.4 Å². The molecule has 0 saturated carbocycles. The Morgan fingerprint density at radius 2 is 1.78 bits per heavy atom. The van der Waals surface area contributed by atoms with Crippen LogP contribution in [0.2, 0.25) is 5.02 Å². The monoisotopic (exact) mass is 516 g/mol. The van der Waals surface area contributed by atoms with Gasteiger partial charge in [0.25, 0.3) is 0 Å². The minimum absolute atomic E-state index is 0.0105. The molecule has 1 unspecified atom stereocenters. The molecule has 3 aromatic carbocycles. The highest BCUT2D eigenvalue weighted by molar-refractivity contribution is 7.98. The second-order valence-corrected chi connectivity index (χ2v) is 9.86. The second-order valence-electron chi connectivity index (χ2n) is 8.51. The van der Waals surface area contributed by atoms with Gasteiger partial charge in [0, 0.05) is 27.6 Å². The van der Waals surface area contributed by atoms with Crippen molar-refractivity contribution in [3.63, 3.8) is 0 Å². The Hall–Kier alpha value is -3.55. The number of ketones is 1. The molecule has 5 rings (SSSR count). The number of Topliss-reactive ketones (excluding diaryl/α,β-unsaturated/α-hetero) is 1. The number of carbonyl (C=O) groups excluding carboxylic acids is 1. The Morgan fingerprint density at radius 1 is 1.06 bits per heavy atom. The highest BCUT2D eigenvalue weighted by Crippen LogP contribution is 2.37. The number of hydrogen-bond acceptors (Lipinski definition) is 6. The van der Waals surface area contributed by atoms with E-state index in [4.69, 9.17) is 26.4 Å². The molecule has 1 N–H and O–H groups in total. The van der Waals surface area contributed by atoms with Crippen molar-refractivity contribution in [2.24, 2.45) is 0 Å². The summed E-state index contributed by atoms with van der Waals surface area (Å²) in [6, 6.07) is 25.2. The first-order valence-electron chi connectivity index (χ1n) is 11.6. The lowest BCUT2D eigenvalue weighted by Crippen LogP contribution is -2.27. The molecule has 1 aliphatic heterocycles. The van der Waals surface area contributed by atoms with E-state index in [1.807, 2.05) is 73.7 Å². The van der Waals surface area contributed by atoms with Gasteiger partial charge in [-0.25, -0.2) is 4.68 Å². The average Bonchev–Trinajstić information content (AvgIpc) is 3.29. The molecule has 1 aliphatic rings. The topological polar surface area (TPSA) is 69.0 Å². The minimum Gasteiger partial charge on any atom is -0.489 e. The third-order valence-corrected chi connectivity index (χ3v) is 7.25. The van der Waals surface area contributed by atoms with E-state index in [-0.39, 0.29) is 11.8 Å². The lowest BCUT2D eigenvalue weighted by molar-refractivity contribution is -0.114. The largest absolute Gasteiger partial charge is 0.489 e. The lowest BCUT2D eigenvalue weighted by atomic mass is 9.93. The first-order valence-corrected chi connectivity index (χ1v) is 12.9. The number of rotatable bonds is 8. The zero-order chi connectivity index (χ0) is 25.1. The van der Waals surface area contributed by atoms with Crippen molar-refractivity contribution >= 4 is 35.1 Å². The molecule has 0 fully saturated rings. The maximum Gasteiger partial charge on any atom is 0.227 e. The maximum atomic E-state index is 12.7. The summed E-state index contributed by atoms with van der Waals surface area (Å²) in [5.41, 5.74) is 4.50. The van der Waals surface area contributed by atoms with E-state index in [2.05, 4.69) is 17.4 Å². The number of carbonyl (C=O) groups is 1. The lowest BCUT2D eigenvalue weighted by Gasteiger charge is -2.28. The van der Waals surface area contributed by atoms with Gasteiger partial charge in [0.05, 0.1) is 0 Å². The van der Waals surface area contributed by atoms with Crippen molar-refractivity contribution in [3.05, 3.63) is 112 Å². The molecule has 0 aliphatic carbocycles. The summed E-state index contributed by atoms with van der Waals surface area (Å²) in [5.74, 6) is 2.09. The number of allylic oxidation sites excluding steroid dienone is 2. The molecule has 1 atom stereocenters. The summed E-state index contributed by atoms with van der Waals surface area (Å²) in [6.07, 6.45) is 0. The fourth-order valence-corrected chi connectivity index (χ4v) is 5.18. The molecule has 0 bridgehead atoms. The van der Waals surface area contributed by atoms with Gasteiger partial charge in [-0.05, 0) is 43.2 Å². The summed E-state index contributed by atoms with van der Waals surface area (Å²) in [4.78, 5) is 17.4. The van der Waals surface area contributed by atoms with Crippen LogP contribution in [-0.2, 0) is 17.2 Å². The number of ether oxygens (including phenoxy) is 1. The van der Waals surface area contributed by atoms with Crippen LogP contribution in [0.3, 0.4) is 0 Å². The number of nitrogens with zero attached hydrogens (tertiary/aromatic N) is 3. The van der Waals surface area contributed by atoms with E-state index in [1.54, 1.807) is 23.4 Å². The number of fused-ring (bicyclic) bond motifs is 1. The number of hydrogen-bond donors (Lipinski definition) is 1. The van der Waals surface area contributed by atoms with Gasteiger partial charge in [-0.1, -0.05) is 84.0 Å². The van der Waals surface area contributed by atoms with Gasteiger partial charge < -0.3 is 10.1 Å². The summed E-state index contributed by atoms with van der Waals surface area (Å²) >= 11 is 7.81. The van der Waals surface area contributed by atoms with Gasteiger partial charge in [0.2, 0.25) is 11.1 Å². The molecule has 0 spiro atoms. The normalized spacial score (nSPS) is 14.8. The van der Waals surface area contributed by atoms with E-state index >= 15 is 0 Å². The number of nitrogens with one attached hydrogen (secondary N) is 1. The predicted octanol–water partition coefficient (Wildman–Crippen LogP) is 6.68. The molecule has 182 valence electrons. The number of anilines is 1. The van der Waals surface area contributed by atoms with Crippen LogP contribution in [0.25, 0.3) is 0 Å². The van der Waals surface area contributed by atoms with Gasteiger partial charge in [0.15, 0.2) is 5.78 Å². The third kappa shape index (κ3) is 5.17. The third-order valence-electron chi connectivity index (χ3n) is 5.97. The number of thioether (sulfide) groups is 1. The number of benzene rings is 3. The van der Waals surface area contributed by atoms with E-state index in [0.717, 1.165) is 28.3 Å². The van der Waals surface area contributed by atoms with Gasteiger partial charge >= 0.3 is 0 Å². The Kier molecular flexibility index (Phi) is 7.11. The van der Waals surface area contributed by atoms with Crippen molar-refractivity contribution in [1.29, 1.82) is 0 Å². The van der Waals surface area contributed by atoms with E-state index < -0.39 is 0 Å². The molecular weight excluding hydrogens is 492 g/mol. The number of aromatic nitrogens is 3. The minimum atomic E-state index is -0.380. The SMILES string of the molecule is CC(=O)C1=C(C)Nc2nc(SCc3ccccc3)nn2C1c1ccc(OCc2ccccc2Cl)cc1. The van der Waals surface area contributed by atoms with Gasteiger partial charge in [-0.15, -0.1) is 5.10 Å². The molecule has 8 heteroatoms. The molecule has 36 heavy (non-hydrogen) atoms. The highest BCUT2D eigenvalue weighted by atomic mass is 35.5. The predicted molar refractivity (Wildman–Crippen MR) is 143 cm³/mol. The van der Waals surface area contributed by atoms with E-state index in [0.29, 0.717) is 28.3 Å². The van der Waals surface area contributed by atoms with Gasteiger partial charge in [-0.3, -0.25) is 4.79 Å². The van der Waals surface area contributed by atoms with Crippen LogP contribution >= 0.6 is 23.4 Å². The Labute approximate surface area is 219 Å². The van der Waals surface area contributed by atoms with Crippen LogP contribution < -0.4 is 10.1 Å². The van der Waals surface area contributed by atoms with Crippen molar-refractivity contribution in [2.75, 3.05) is 5.32 Å². The van der Waals surface area contributed by atoms with E-state index in [1.165, 1.54) is 5.56 Å². The first-order chi connectivity index (χ1) is 17.5. The Bertz CT molecular complexity index is 1420. The van der Waals surface area contributed by atoms with Crippen LogP contribution in [0.1, 0.15) is 36.6 Å². The average molecular weight is 517 g/mol. The van der Waals surface area contributed by atoms with Crippen LogP contribution in [0.15, 0.2) is 95.3 Å². The summed E-state index contributed by atoms with van der Waals surface area (Å²) in [6.45, 7) is 3.86. The van der Waals surface area contributed by atoms with Crippen molar-refractivity contribution < 1.29 is 9.53 Å². The summed E-state index contributed by atoms with van der Waals surface area (Å²) < 4.78 is 7.75. The first kappa shape index (κ1) is 24.2. The van der Waals surface area contributed by atoms with Crippen molar-refractivity contribution in [1.82, 2.24) is 14.8 Å². The van der Waals surface area contributed by atoms with E-state index in [9.17, 15) is 4.79 Å². The van der Waals surface area contributed by atoms with Crippen molar-refractivity contribution in [3.8, 4) is 5.75 Å². The quantitative estimate of drug-likeness (QED) is 0.263.